The zero-order chi connectivity index (χ0) is 22.4. The number of aliphatic carboxylic acids is 1. The molecule has 0 aliphatic rings. The van der Waals surface area contributed by atoms with Gasteiger partial charge in [-0.25, -0.2) is 4.79 Å². The number of carboxylic acid groups (broad SMARTS) is 1. The molecule has 160 valence electrons. The molecule has 8 nitrogen and oxygen atoms in total. The van der Waals surface area contributed by atoms with Crippen molar-refractivity contribution in [3.05, 3.63) is 93.9 Å². The summed E-state index contributed by atoms with van der Waals surface area (Å²) in [5.41, 5.74) is 1.64. The number of urea groups is 1. The van der Waals surface area contributed by atoms with E-state index in [1.807, 2.05) is 42.5 Å². The molecule has 33 heavy (non-hydrogen) atoms. The second-order valence-electron chi connectivity index (χ2n) is 7.10. The molecular weight excluding hydrogens is 444 g/mol. The Labute approximate surface area is 235 Å². The topological polar surface area (TPSA) is 126 Å². The van der Waals surface area contributed by atoms with E-state index in [1.165, 1.54) is 13.2 Å². The Kier molecular flexibility index (Phi) is 11.9. The number of hydrogen-bond donors (Lipinski definition) is 2. The fraction of sp³-hybridized carbons (Fsp3) is 0.174. The van der Waals surface area contributed by atoms with Gasteiger partial charge in [0.05, 0.1) is 6.04 Å². The molecule has 0 radical (unpaired) electrons. The molecule has 0 aliphatic heterocycles. The van der Waals surface area contributed by atoms with E-state index in [2.05, 4.69) is 10.6 Å². The SMILES string of the molecule is Cn1ccc([O-])c(NC(=O)N[C@@H](CC(=O)[O-])c2ccc(Cc3ccccc3)cc2)c1=O.[Na+].[Na+]. The van der Waals surface area contributed by atoms with Crippen molar-refractivity contribution in [2.45, 2.75) is 18.9 Å². The first-order chi connectivity index (χ1) is 14.8. The van der Waals surface area contributed by atoms with Crippen molar-refractivity contribution in [2.24, 2.45) is 7.05 Å². The first-order valence-corrected chi connectivity index (χ1v) is 9.60. The number of amides is 2. The molecule has 2 amide bonds. The fourth-order valence-corrected chi connectivity index (χ4v) is 3.15. The predicted molar refractivity (Wildman–Crippen MR) is 111 cm³/mol. The molecule has 0 spiro atoms. The van der Waals surface area contributed by atoms with Crippen molar-refractivity contribution in [1.82, 2.24) is 9.88 Å². The van der Waals surface area contributed by atoms with Gasteiger partial charge in [0.25, 0.3) is 5.56 Å². The number of benzene rings is 2. The molecule has 0 saturated carbocycles. The van der Waals surface area contributed by atoms with Crippen LogP contribution in [0.25, 0.3) is 0 Å². The van der Waals surface area contributed by atoms with Gasteiger partial charge in [-0.1, -0.05) is 66.4 Å². The minimum absolute atomic E-state index is 0. The first kappa shape index (κ1) is 29.0. The molecular formula is C23H21N3Na2O5. The Hall–Kier alpha value is -2.07. The van der Waals surface area contributed by atoms with Gasteiger partial charge >= 0.3 is 65.1 Å². The molecule has 0 fully saturated rings. The van der Waals surface area contributed by atoms with Crippen molar-refractivity contribution in [1.29, 1.82) is 0 Å². The van der Waals surface area contributed by atoms with Crippen LogP contribution >= 0.6 is 0 Å². The van der Waals surface area contributed by atoms with Gasteiger partial charge in [-0.2, -0.15) is 0 Å². The second kappa shape index (κ2) is 13.6. The molecule has 0 unspecified atom stereocenters. The van der Waals surface area contributed by atoms with Crippen LogP contribution in [0.4, 0.5) is 10.5 Å². The number of carbonyl (C=O) groups is 2. The second-order valence-corrected chi connectivity index (χ2v) is 7.10. The van der Waals surface area contributed by atoms with Crippen LogP contribution in [0, 0.1) is 0 Å². The molecule has 0 bridgehead atoms. The maximum atomic E-state index is 12.4. The summed E-state index contributed by atoms with van der Waals surface area (Å²) in [4.78, 5) is 35.6. The van der Waals surface area contributed by atoms with Gasteiger partial charge < -0.3 is 30.2 Å². The van der Waals surface area contributed by atoms with E-state index in [4.69, 9.17) is 0 Å². The molecule has 3 aromatic rings. The van der Waals surface area contributed by atoms with Gasteiger partial charge in [-0.3, -0.25) is 4.79 Å². The summed E-state index contributed by atoms with van der Waals surface area (Å²) in [6, 6.07) is 16.4. The van der Waals surface area contributed by atoms with Crippen molar-refractivity contribution in [3.8, 4) is 5.75 Å². The summed E-state index contributed by atoms with van der Waals surface area (Å²) in [5.74, 6) is -1.99. The Balaban J connectivity index is 0.00000272. The van der Waals surface area contributed by atoms with Crippen LogP contribution in [-0.4, -0.2) is 16.6 Å². The maximum Gasteiger partial charge on any atom is 1.00 e. The van der Waals surface area contributed by atoms with E-state index in [0.717, 1.165) is 21.8 Å². The van der Waals surface area contributed by atoms with Crippen molar-refractivity contribution >= 4 is 17.7 Å². The van der Waals surface area contributed by atoms with Crippen molar-refractivity contribution in [3.63, 3.8) is 0 Å². The number of aryl methyl sites for hydroxylation is 1. The van der Waals surface area contributed by atoms with Crippen LogP contribution in [0.2, 0.25) is 0 Å². The Morgan fingerprint density at radius 3 is 2.18 bits per heavy atom. The number of anilines is 1. The largest absolute Gasteiger partial charge is 1.00 e. The average Bonchev–Trinajstić information content (AvgIpc) is 2.74. The summed E-state index contributed by atoms with van der Waals surface area (Å²) < 4.78 is 1.15. The van der Waals surface area contributed by atoms with E-state index in [9.17, 15) is 24.6 Å². The van der Waals surface area contributed by atoms with Gasteiger partial charge in [0.1, 0.15) is 5.69 Å². The van der Waals surface area contributed by atoms with Crippen LogP contribution < -0.4 is 85.5 Å². The Morgan fingerprint density at radius 2 is 1.58 bits per heavy atom. The predicted octanol–water partition coefficient (Wildman–Crippen LogP) is -4.94. The van der Waals surface area contributed by atoms with Crippen molar-refractivity contribution in [2.75, 3.05) is 5.32 Å². The van der Waals surface area contributed by atoms with E-state index >= 15 is 0 Å². The van der Waals surface area contributed by atoms with Crippen LogP contribution in [-0.2, 0) is 18.3 Å². The summed E-state index contributed by atoms with van der Waals surface area (Å²) >= 11 is 0. The number of carboxylic acids is 1. The van der Waals surface area contributed by atoms with Gasteiger partial charge in [-0.15, -0.1) is 0 Å². The number of hydrogen-bond acceptors (Lipinski definition) is 5. The molecule has 1 heterocycles. The smallest absolute Gasteiger partial charge is 0.871 e. The molecule has 1 atom stereocenters. The van der Waals surface area contributed by atoms with E-state index < -0.39 is 41.5 Å². The third-order valence-corrected chi connectivity index (χ3v) is 4.78. The molecule has 1 aromatic heterocycles. The zero-order valence-electron chi connectivity index (χ0n) is 18.8. The van der Waals surface area contributed by atoms with Gasteiger partial charge in [0.15, 0.2) is 0 Å². The monoisotopic (exact) mass is 465 g/mol. The Morgan fingerprint density at radius 1 is 0.970 bits per heavy atom. The van der Waals surface area contributed by atoms with Crippen LogP contribution in [0.1, 0.15) is 29.2 Å². The zero-order valence-corrected chi connectivity index (χ0v) is 22.8. The number of carbonyl (C=O) groups excluding carboxylic acids is 2. The first-order valence-electron chi connectivity index (χ1n) is 9.60. The standard InChI is InChI=1S/C23H23N3O5.2Na/c1-26-12-11-19(27)21(22(26)30)25-23(31)24-18(14-20(28)29)17-9-7-16(8-10-17)13-15-5-3-2-4-6-15;;/h2-12,18,27H,13-14H2,1H3,(H,28,29)(H2,24,25,31);;/q;2*+1/p-2/t18-;;/m0../s1. The van der Waals surface area contributed by atoms with E-state index in [1.54, 1.807) is 12.1 Å². The number of pyridine rings is 1. The molecule has 2 N–H and O–H groups in total. The molecule has 0 saturated heterocycles. The number of nitrogens with zero attached hydrogens (tertiary/aromatic N) is 1. The summed E-state index contributed by atoms with van der Waals surface area (Å²) in [6.45, 7) is 0. The third kappa shape index (κ3) is 8.33. The average molecular weight is 465 g/mol. The summed E-state index contributed by atoms with van der Waals surface area (Å²) in [7, 11) is 1.45. The van der Waals surface area contributed by atoms with Crippen LogP contribution in [0.15, 0.2) is 71.7 Å². The van der Waals surface area contributed by atoms with Gasteiger partial charge in [-0.05, 0) is 23.1 Å². The van der Waals surface area contributed by atoms with Crippen molar-refractivity contribution < 1.29 is 78.9 Å². The van der Waals surface area contributed by atoms with Crippen LogP contribution in [0.5, 0.6) is 5.75 Å². The fourth-order valence-electron chi connectivity index (χ4n) is 3.15. The normalized spacial score (nSPS) is 10.8. The quantitative estimate of drug-likeness (QED) is 0.338. The number of nitrogens with one attached hydrogen (secondary N) is 2. The van der Waals surface area contributed by atoms with Gasteiger partial charge in [0.2, 0.25) is 0 Å². The summed E-state index contributed by atoms with van der Waals surface area (Å²) in [6.07, 6.45) is 1.54. The number of rotatable bonds is 7. The van der Waals surface area contributed by atoms with E-state index in [0.29, 0.717) is 12.0 Å². The maximum absolute atomic E-state index is 12.4. The third-order valence-electron chi connectivity index (χ3n) is 4.78. The molecule has 0 aliphatic carbocycles. The molecule has 2 aromatic carbocycles. The Bertz CT molecular complexity index is 1140. The summed E-state index contributed by atoms with van der Waals surface area (Å²) in [5, 5.41) is 27.8. The van der Waals surface area contributed by atoms with Gasteiger partial charge in [0, 0.05) is 25.6 Å². The van der Waals surface area contributed by atoms with E-state index in [-0.39, 0.29) is 59.1 Å². The minimum Gasteiger partial charge on any atom is -0.871 e. The molecule has 10 heteroatoms. The minimum atomic E-state index is -1.35. The van der Waals surface area contributed by atoms with Crippen LogP contribution in [0.3, 0.4) is 0 Å². The molecule has 3 rings (SSSR count). The number of aromatic nitrogens is 1.